The predicted molar refractivity (Wildman–Crippen MR) is 85.5 cm³/mol. The fraction of sp³-hybridized carbons (Fsp3) is 0.562. The van der Waals surface area contributed by atoms with Crippen LogP contribution in [0.1, 0.15) is 35.0 Å². The number of thiophene rings is 1. The number of likely N-dealkylation sites (N-methyl/N-ethyl adjacent to an activating group) is 1. The summed E-state index contributed by atoms with van der Waals surface area (Å²) in [5, 5.41) is 10.7. The minimum Gasteiger partial charge on any atom is -0.384 e. The fourth-order valence-electron chi connectivity index (χ4n) is 2.70. The summed E-state index contributed by atoms with van der Waals surface area (Å²) < 4.78 is 0. The van der Waals surface area contributed by atoms with E-state index in [9.17, 15) is 4.79 Å². The van der Waals surface area contributed by atoms with Gasteiger partial charge in [-0.15, -0.1) is 11.3 Å². The highest BCUT2D eigenvalue weighted by molar-refractivity contribution is 7.12. The van der Waals surface area contributed by atoms with Gasteiger partial charge in [-0.25, -0.2) is 0 Å². The molecule has 21 heavy (non-hydrogen) atoms. The van der Waals surface area contributed by atoms with Crippen LogP contribution >= 0.6 is 11.3 Å². The number of carbonyl (C=O) groups excluding carboxylic acids is 1. The van der Waals surface area contributed by atoms with Gasteiger partial charge < -0.3 is 14.9 Å². The number of hydrogen-bond acceptors (Lipinski definition) is 4. The first-order valence-corrected chi connectivity index (χ1v) is 8.22. The van der Waals surface area contributed by atoms with Crippen LogP contribution in [-0.4, -0.2) is 60.1 Å². The van der Waals surface area contributed by atoms with Crippen molar-refractivity contribution < 1.29 is 9.90 Å². The molecule has 1 atom stereocenters. The van der Waals surface area contributed by atoms with Crippen LogP contribution in [0.25, 0.3) is 0 Å². The Morgan fingerprint density at radius 1 is 1.52 bits per heavy atom. The van der Waals surface area contributed by atoms with Gasteiger partial charge in [0.2, 0.25) is 0 Å². The molecule has 0 saturated carbocycles. The molecular weight excluding hydrogens is 284 g/mol. The molecule has 114 valence electrons. The number of rotatable bonds is 2. The molecule has 1 aromatic rings. The van der Waals surface area contributed by atoms with Gasteiger partial charge in [-0.05, 0) is 37.9 Å². The van der Waals surface area contributed by atoms with E-state index in [2.05, 4.69) is 30.7 Å². The van der Waals surface area contributed by atoms with Crippen LogP contribution in [0.5, 0.6) is 0 Å². The lowest BCUT2D eigenvalue weighted by Crippen LogP contribution is -2.43. The van der Waals surface area contributed by atoms with E-state index in [-0.39, 0.29) is 18.6 Å². The van der Waals surface area contributed by atoms with E-state index in [0.29, 0.717) is 4.88 Å². The Morgan fingerprint density at radius 2 is 2.33 bits per heavy atom. The summed E-state index contributed by atoms with van der Waals surface area (Å²) in [5.74, 6) is 5.58. The molecule has 5 heteroatoms. The highest BCUT2D eigenvalue weighted by Gasteiger charge is 2.28. The lowest BCUT2D eigenvalue weighted by molar-refractivity contribution is 0.0680. The Labute approximate surface area is 130 Å². The van der Waals surface area contributed by atoms with Crippen molar-refractivity contribution in [2.24, 2.45) is 0 Å². The minimum absolute atomic E-state index is 0.0781. The van der Waals surface area contributed by atoms with Crippen molar-refractivity contribution in [3.63, 3.8) is 0 Å². The van der Waals surface area contributed by atoms with Gasteiger partial charge in [-0.2, -0.15) is 0 Å². The van der Waals surface area contributed by atoms with Crippen molar-refractivity contribution in [3.8, 4) is 11.8 Å². The van der Waals surface area contributed by atoms with E-state index in [1.807, 2.05) is 16.3 Å². The number of aliphatic hydroxyl groups excluding tert-OH is 1. The molecule has 1 unspecified atom stereocenters. The monoisotopic (exact) mass is 306 g/mol. The van der Waals surface area contributed by atoms with E-state index in [1.54, 1.807) is 0 Å². The van der Waals surface area contributed by atoms with Gasteiger partial charge in [-0.3, -0.25) is 4.79 Å². The van der Waals surface area contributed by atoms with Crippen LogP contribution in [0.15, 0.2) is 11.4 Å². The molecule has 0 bridgehead atoms. The number of hydrogen-bond donors (Lipinski definition) is 1. The summed E-state index contributed by atoms with van der Waals surface area (Å²) in [7, 11) is 2.11. The highest BCUT2D eigenvalue weighted by Crippen LogP contribution is 2.22. The minimum atomic E-state index is -0.185. The van der Waals surface area contributed by atoms with Crippen molar-refractivity contribution >= 4 is 17.2 Å². The average molecular weight is 306 g/mol. The topological polar surface area (TPSA) is 43.8 Å². The molecule has 1 fully saturated rings. The third-order valence-corrected chi connectivity index (χ3v) is 4.70. The summed E-state index contributed by atoms with van der Waals surface area (Å²) in [5.41, 5.74) is 0.728. The molecule has 1 saturated heterocycles. The summed E-state index contributed by atoms with van der Waals surface area (Å²) in [4.78, 5) is 17.8. The van der Waals surface area contributed by atoms with E-state index in [1.165, 1.54) is 11.3 Å². The number of amides is 1. The molecule has 0 radical (unpaired) electrons. The smallest absolute Gasteiger partial charge is 0.265 e. The standard InChI is InChI=1S/C16H22N2O2S/c1-3-14-12-17(2)8-5-9-18(14)16(20)15-13(6-4-10-19)7-11-21-15/h7,11,14,19H,3,5,8-10,12H2,1-2H3. The van der Waals surface area contributed by atoms with Crippen molar-refractivity contribution in [1.82, 2.24) is 9.80 Å². The van der Waals surface area contributed by atoms with E-state index in [0.717, 1.165) is 38.0 Å². The molecule has 1 amide bonds. The Bertz CT molecular complexity index is 544. The number of carbonyl (C=O) groups is 1. The van der Waals surface area contributed by atoms with Crippen LogP contribution in [0.3, 0.4) is 0 Å². The number of nitrogens with zero attached hydrogens (tertiary/aromatic N) is 2. The van der Waals surface area contributed by atoms with Crippen LogP contribution in [0.4, 0.5) is 0 Å². The highest BCUT2D eigenvalue weighted by atomic mass is 32.1. The Balaban J connectivity index is 2.23. The van der Waals surface area contributed by atoms with Crippen LogP contribution < -0.4 is 0 Å². The second-order valence-corrected chi connectivity index (χ2v) is 6.22. The van der Waals surface area contributed by atoms with Crippen molar-refractivity contribution in [3.05, 3.63) is 21.9 Å². The van der Waals surface area contributed by atoms with Gasteiger partial charge in [0.1, 0.15) is 11.5 Å². The van der Waals surface area contributed by atoms with E-state index in [4.69, 9.17) is 5.11 Å². The molecule has 0 aromatic carbocycles. The first-order chi connectivity index (χ1) is 10.2. The van der Waals surface area contributed by atoms with E-state index < -0.39 is 0 Å². The lowest BCUT2D eigenvalue weighted by atomic mass is 10.1. The molecule has 1 aliphatic heterocycles. The van der Waals surface area contributed by atoms with Gasteiger partial charge in [0, 0.05) is 24.7 Å². The first-order valence-electron chi connectivity index (χ1n) is 7.34. The molecule has 0 aliphatic carbocycles. The molecule has 1 aliphatic rings. The van der Waals surface area contributed by atoms with E-state index >= 15 is 0 Å². The van der Waals surface area contributed by atoms with Crippen LogP contribution in [0.2, 0.25) is 0 Å². The maximum absolute atomic E-state index is 12.9. The molecule has 1 N–H and O–H groups in total. The average Bonchev–Trinajstić information content (AvgIpc) is 2.86. The summed E-state index contributed by atoms with van der Waals surface area (Å²) in [6.07, 6.45) is 1.96. The van der Waals surface area contributed by atoms with Gasteiger partial charge in [0.25, 0.3) is 5.91 Å². The largest absolute Gasteiger partial charge is 0.384 e. The summed E-state index contributed by atoms with van der Waals surface area (Å²) in [6.45, 7) is 4.69. The van der Waals surface area contributed by atoms with Crippen LogP contribution in [0, 0.1) is 11.8 Å². The van der Waals surface area contributed by atoms with Gasteiger partial charge in [-0.1, -0.05) is 18.8 Å². The Morgan fingerprint density at radius 3 is 3.05 bits per heavy atom. The molecular formula is C16H22N2O2S. The molecule has 2 rings (SSSR count). The van der Waals surface area contributed by atoms with Gasteiger partial charge in [0.15, 0.2) is 0 Å². The van der Waals surface area contributed by atoms with Crippen molar-refractivity contribution in [2.45, 2.75) is 25.8 Å². The molecule has 4 nitrogen and oxygen atoms in total. The second kappa shape index (κ2) is 7.60. The maximum Gasteiger partial charge on any atom is 0.265 e. The zero-order valence-corrected chi connectivity index (χ0v) is 13.4. The zero-order chi connectivity index (χ0) is 15.2. The lowest BCUT2D eigenvalue weighted by Gasteiger charge is -2.30. The maximum atomic E-state index is 12.9. The van der Waals surface area contributed by atoms with Crippen LogP contribution in [-0.2, 0) is 0 Å². The molecule has 1 aromatic heterocycles. The van der Waals surface area contributed by atoms with Crippen molar-refractivity contribution in [2.75, 3.05) is 33.3 Å². The summed E-state index contributed by atoms with van der Waals surface area (Å²) >= 11 is 1.43. The van der Waals surface area contributed by atoms with Gasteiger partial charge in [0.05, 0.1) is 0 Å². The Hall–Kier alpha value is -1.35. The third-order valence-electron chi connectivity index (χ3n) is 3.80. The third kappa shape index (κ3) is 3.85. The summed E-state index contributed by atoms with van der Waals surface area (Å²) in [6, 6.07) is 2.11. The number of aliphatic hydroxyl groups is 1. The molecule has 0 spiro atoms. The normalized spacial score (nSPS) is 19.8. The zero-order valence-electron chi connectivity index (χ0n) is 12.6. The molecule has 2 heterocycles. The SMILES string of the molecule is CCC1CN(C)CCCN1C(=O)c1sccc1C#CCO. The Kier molecular flexibility index (Phi) is 5.80. The quantitative estimate of drug-likeness (QED) is 0.845. The first kappa shape index (κ1) is 16.0. The van der Waals surface area contributed by atoms with Crippen molar-refractivity contribution in [1.29, 1.82) is 0 Å². The van der Waals surface area contributed by atoms with Gasteiger partial charge >= 0.3 is 0 Å². The predicted octanol–water partition coefficient (Wildman–Crippen LogP) is 1.65. The fourth-order valence-corrected chi connectivity index (χ4v) is 3.50. The second-order valence-electron chi connectivity index (χ2n) is 5.30.